The van der Waals surface area contributed by atoms with Crippen LogP contribution < -0.4 is 0 Å². The number of amides is 1. The van der Waals surface area contributed by atoms with Gasteiger partial charge in [0.2, 0.25) is 5.72 Å². The molecular formula is C33H29ClFN5O4. The number of nitriles is 1. The molecule has 6 rings (SSSR count). The van der Waals surface area contributed by atoms with E-state index in [1.165, 1.54) is 23.2 Å². The number of carbonyl (C=O) groups excluding carboxylic acids is 2. The molecule has 1 unspecified atom stereocenters. The third kappa shape index (κ3) is 4.87. The first-order valence-corrected chi connectivity index (χ1v) is 14.6. The Labute approximate surface area is 258 Å². The summed E-state index contributed by atoms with van der Waals surface area (Å²) in [6, 6.07) is 14.6. The Kier molecular flexibility index (Phi) is 7.58. The summed E-state index contributed by atoms with van der Waals surface area (Å²) >= 11 is 6.24. The van der Waals surface area contributed by atoms with Gasteiger partial charge in [-0.25, -0.2) is 9.37 Å². The quantitative estimate of drug-likeness (QED) is 0.293. The van der Waals surface area contributed by atoms with Crippen LogP contribution in [0.1, 0.15) is 76.6 Å². The summed E-state index contributed by atoms with van der Waals surface area (Å²) in [5, 5.41) is 21.5. The van der Waals surface area contributed by atoms with E-state index in [9.17, 15) is 20.0 Å². The third-order valence-electron chi connectivity index (χ3n) is 8.45. The van der Waals surface area contributed by atoms with E-state index in [0.717, 1.165) is 0 Å². The highest BCUT2D eigenvalue weighted by molar-refractivity contribution is 6.30. The van der Waals surface area contributed by atoms with Crippen LogP contribution in [0.5, 0.6) is 0 Å². The van der Waals surface area contributed by atoms with Crippen LogP contribution in [0, 0.1) is 17.1 Å². The predicted octanol–water partition coefficient (Wildman–Crippen LogP) is 5.12. The first-order chi connectivity index (χ1) is 21.1. The number of hydrogen-bond donors (Lipinski definition) is 1. The number of halogens is 2. The number of nitrogens with zero attached hydrogens (tertiary/aromatic N) is 5. The van der Waals surface area contributed by atoms with E-state index in [0.29, 0.717) is 40.4 Å². The Morgan fingerprint density at radius 3 is 2.57 bits per heavy atom. The van der Waals surface area contributed by atoms with E-state index in [2.05, 4.69) is 9.97 Å². The second-order valence-electron chi connectivity index (χ2n) is 11.2. The number of pyridine rings is 1. The Balaban J connectivity index is 1.58. The molecule has 0 radical (unpaired) electrons. The Bertz CT molecular complexity index is 1800. The van der Waals surface area contributed by atoms with Crippen molar-refractivity contribution in [3.63, 3.8) is 0 Å². The number of imidazole rings is 1. The number of aliphatic hydroxyl groups is 1. The molecule has 1 amide bonds. The Morgan fingerprint density at radius 1 is 1.20 bits per heavy atom. The zero-order valence-corrected chi connectivity index (χ0v) is 24.9. The first kappa shape index (κ1) is 29.6. The van der Waals surface area contributed by atoms with E-state index >= 15 is 4.39 Å². The van der Waals surface area contributed by atoms with Crippen molar-refractivity contribution in [1.82, 2.24) is 19.4 Å². The smallest absolute Gasteiger partial charge is 0.257 e. The second kappa shape index (κ2) is 11.2. The minimum absolute atomic E-state index is 0.00993. The molecule has 9 nitrogen and oxygen atoms in total. The molecule has 1 aliphatic carbocycles. The highest BCUT2D eigenvalue weighted by atomic mass is 35.5. The first-order valence-electron chi connectivity index (χ1n) is 14.3. The highest BCUT2D eigenvalue weighted by Gasteiger charge is 2.56. The second-order valence-corrected chi connectivity index (χ2v) is 11.7. The average Bonchev–Trinajstić information content (AvgIpc) is 3.71. The van der Waals surface area contributed by atoms with Crippen molar-refractivity contribution < 1.29 is 23.8 Å². The molecule has 2 aliphatic rings. The molecule has 4 aromatic rings. The van der Waals surface area contributed by atoms with Crippen molar-refractivity contribution in [2.75, 3.05) is 0 Å². The van der Waals surface area contributed by atoms with Gasteiger partial charge in [-0.05, 0) is 54.8 Å². The van der Waals surface area contributed by atoms with Crippen molar-refractivity contribution in [3.8, 4) is 6.07 Å². The molecule has 3 atom stereocenters. The van der Waals surface area contributed by atoms with E-state index in [1.807, 2.05) is 6.07 Å². The lowest BCUT2D eigenvalue weighted by molar-refractivity contribution is -0.149. The number of benzene rings is 2. The van der Waals surface area contributed by atoms with Crippen LogP contribution in [0.25, 0.3) is 0 Å². The fourth-order valence-corrected chi connectivity index (χ4v) is 6.29. The maximum atomic E-state index is 16.8. The summed E-state index contributed by atoms with van der Waals surface area (Å²) < 4.78 is 25.2. The highest BCUT2D eigenvalue weighted by Crippen LogP contribution is 2.50. The van der Waals surface area contributed by atoms with E-state index in [1.54, 1.807) is 67.5 Å². The minimum Gasteiger partial charge on any atom is -0.379 e. The van der Waals surface area contributed by atoms with E-state index in [-0.39, 0.29) is 41.9 Å². The number of carbonyl (C=O) groups is 2. The number of ketones is 1. The molecule has 0 saturated heterocycles. The van der Waals surface area contributed by atoms with Crippen molar-refractivity contribution in [3.05, 3.63) is 117 Å². The van der Waals surface area contributed by atoms with Crippen LogP contribution in [0.4, 0.5) is 4.39 Å². The molecular weight excluding hydrogens is 585 g/mol. The minimum atomic E-state index is -1.79. The van der Waals surface area contributed by atoms with Crippen LogP contribution in [0.3, 0.4) is 0 Å². The van der Waals surface area contributed by atoms with Gasteiger partial charge in [0.05, 0.1) is 47.1 Å². The summed E-state index contributed by atoms with van der Waals surface area (Å²) in [6.45, 7) is 1.65. The fraction of sp³-hybridized carbons (Fsp3) is 0.303. The van der Waals surface area contributed by atoms with Gasteiger partial charge in [0.1, 0.15) is 23.3 Å². The number of aromatic nitrogens is 3. The van der Waals surface area contributed by atoms with Gasteiger partial charge in [-0.1, -0.05) is 30.7 Å². The number of ether oxygens (including phenoxy) is 1. The molecule has 0 spiro atoms. The molecule has 1 aliphatic heterocycles. The van der Waals surface area contributed by atoms with Gasteiger partial charge in [0.15, 0.2) is 0 Å². The summed E-state index contributed by atoms with van der Waals surface area (Å²) in [6.07, 6.45) is 5.01. The summed E-state index contributed by atoms with van der Waals surface area (Å²) in [7, 11) is 1.76. The molecule has 0 bridgehead atoms. The van der Waals surface area contributed by atoms with Crippen molar-refractivity contribution >= 4 is 23.3 Å². The largest absolute Gasteiger partial charge is 0.379 e. The molecule has 44 heavy (non-hydrogen) atoms. The number of fused-ring (bicyclic) bond motifs is 1. The SMILES string of the molecule is CCC(O)(c1cc(F)c2c(c1)C(=O)N(Cc1ccc(C#N)cn1)[C@@]2(O[C@H]1CCC(=O)C1)c1ccc(Cl)cc1)c1cn(C)cn1. The lowest BCUT2D eigenvalue weighted by Gasteiger charge is -2.41. The van der Waals surface area contributed by atoms with Gasteiger partial charge in [-0.15, -0.1) is 0 Å². The van der Waals surface area contributed by atoms with Gasteiger partial charge in [0, 0.05) is 42.9 Å². The maximum Gasteiger partial charge on any atom is 0.257 e. The number of Topliss-reactive ketones (excluding diaryl/α,β-unsaturated/α-hetero) is 1. The third-order valence-corrected chi connectivity index (χ3v) is 8.70. The monoisotopic (exact) mass is 613 g/mol. The number of rotatable bonds is 8. The molecule has 2 aromatic carbocycles. The van der Waals surface area contributed by atoms with Crippen LogP contribution in [-0.2, 0) is 34.4 Å². The van der Waals surface area contributed by atoms with Crippen molar-refractivity contribution in [2.45, 2.75) is 56.6 Å². The van der Waals surface area contributed by atoms with E-state index < -0.39 is 29.2 Å². The van der Waals surface area contributed by atoms with Crippen molar-refractivity contribution in [1.29, 1.82) is 5.26 Å². The standard InChI is InChI=1S/C33H29ClFN5O4/c1-3-32(43,29-18-39(2)19-38-29)22-12-27-30(28(35)13-22)33(21-5-7-23(34)8-6-21,44-26-11-10-25(41)14-26)40(31(27)42)17-24-9-4-20(15-36)16-37-24/h4-9,12-13,16,18-19,26,43H,3,10-11,14,17H2,1-2H3/t26-,32?,33+/m0/s1. The van der Waals surface area contributed by atoms with Gasteiger partial charge >= 0.3 is 0 Å². The summed E-state index contributed by atoms with van der Waals surface area (Å²) in [5.74, 6) is -1.29. The van der Waals surface area contributed by atoms with Gasteiger partial charge in [-0.3, -0.25) is 19.5 Å². The normalized spacial score (nSPS) is 20.9. The molecule has 224 valence electrons. The van der Waals surface area contributed by atoms with Gasteiger partial charge < -0.3 is 14.4 Å². The fourth-order valence-electron chi connectivity index (χ4n) is 6.16. The number of aryl methyl sites for hydroxylation is 1. The van der Waals surface area contributed by atoms with Crippen LogP contribution in [0.15, 0.2) is 67.3 Å². The van der Waals surface area contributed by atoms with Gasteiger partial charge in [-0.2, -0.15) is 5.26 Å². The number of hydrogen-bond acceptors (Lipinski definition) is 7. The summed E-state index contributed by atoms with van der Waals surface area (Å²) in [4.78, 5) is 36.9. The van der Waals surface area contributed by atoms with E-state index in [4.69, 9.17) is 16.3 Å². The zero-order chi connectivity index (χ0) is 31.2. The predicted molar refractivity (Wildman–Crippen MR) is 158 cm³/mol. The molecule has 1 saturated carbocycles. The average molecular weight is 614 g/mol. The summed E-state index contributed by atoms with van der Waals surface area (Å²) in [5.41, 5.74) is -1.78. The zero-order valence-electron chi connectivity index (χ0n) is 24.1. The van der Waals surface area contributed by atoms with Crippen molar-refractivity contribution in [2.24, 2.45) is 7.05 Å². The van der Waals surface area contributed by atoms with Crippen LogP contribution in [0.2, 0.25) is 5.02 Å². The molecule has 11 heteroatoms. The Hall–Kier alpha value is -4.43. The lowest BCUT2D eigenvalue weighted by Crippen LogP contribution is -2.48. The topological polar surface area (TPSA) is 121 Å². The van der Waals surface area contributed by atoms with Crippen LogP contribution >= 0.6 is 11.6 Å². The molecule has 1 N–H and O–H groups in total. The lowest BCUT2D eigenvalue weighted by atomic mass is 9.84. The Morgan fingerprint density at radius 2 is 1.98 bits per heavy atom. The molecule has 1 fully saturated rings. The van der Waals surface area contributed by atoms with Crippen LogP contribution in [-0.4, -0.2) is 42.3 Å². The molecule has 3 heterocycles. The maximum absolute atomic E-state index is 16.8. The van der Waals surface area contributed by atoms with Gasteiger partial charge in [0.25, 0.3) is 5.91 Å². The molecule has 2 aromatic heterocycles.